The predicted octanol–water partition coefficient (Wildman–Crippen LogP) is 5.70. The Kier molecular flexibility index (Phi) is 5.77. The first-order valence-corrected chi connectivity index (χ1v) is 10.7. The van der Waals surface area contributed by atoms with Gasteiger partial charge in [0.2, 0.25) is 0 Å². The van der Waals surface area contributed by atoms with Crippen LogP contribution in [-0.4, -0.2) is 18.5 Å². The number of hydrogen-bond acceptors (Lipinski definition) is 3. The molecule has 4 rings (SSSR count). The molecule has 0 radical (unpaired) electrons. The van der Waals surface area contributed by atoms with Crippen molar-refractivity contribution < 1.29 is 9.59 Å². The van der Waals surface area contributed by atoms with Crippen LogP contribution in [0.1, 0.15) is 35.8 Å². The van der Waals surface area contributed by atoms with Gasteiger partial charge in [-0.25, -0.2) is 4.79 Å². The highest BCUT2D eigenvalue weighted by molar-refractivity contribution is 7.99. The molecule has 0 spiro atoms. The zero-order valence-electron chi connectivity index (χ0n) is 16.9. The number of amides is 3. The smallest absolute Gasteiger partial charge is 0.319 e. The van der Waals surface area contributed by atoms with E-state index in [1.54, 1.807) is 16.7 Å². The number of carbonyl (C=O) groups is 2. The number of carbonyl (C=O) groups excluding carboxylic acids is 2. The molecule has 0 unspecified atom stereocenters. The zero-order valence-corrected chi connectivity index (χ0v) is 17.7. The first kappa shape index (κ1) is 20.0. The largest absolute Gasteiger partial charge is 0.331 e. The molecule has 5 nitrogen and oxygen atoms in total. The topological polar surface area (TPSA) is 61.4 Å². The van der Waals surface area contributed by atoms with E-state index < -0.39 is 0 Å². The van der Waals surface area contributed by atoms with E-state index in [9.17, 15) is 9.59 Å². The molecule has 1 aliphatic heterocycles. The summed E-state index contributed by atoms with van der Waals surface area (Å²) >= 11 is 1.57. The van der Waals surface area contributed by atoms with Crippen molar-refractivity contribution in [3.05, 3.63) is 83.9 Å². The van der Waals surface area contributed by atoms with Gasteiger partial charge in [-0.05, 0) is 49.7 Å². The Hall–Kier alpha value is -3.25. The molecule has 2 N–H and O–H groups in total. The molecular weight excluding hydrogens is 394 g/mol. The fourth-order valence-electron chi connectivity index (χ4n) is 3.50. The van der Waals surface area contributed by atoms with Gasteiger partial charge >= 0.3 is 6.03 Å². The van der Waals surface area contributed by atoms with Crippen molar-refractivity contribution in [2.24, 2.45) is 0 Å². The van der Waals surface area contributed by atoms with Crippen LogP contribution >= 0.6 is 11.8 Å². The van der Waals surface area contributed by atoms with Gasteiger partial charge in [-0.1, -0.05) is 54.2 Å². The second-order valence-electron chi connectivity index (χ2n) is 7.06. The maximum atomic E-state index is 13.1. The molecule has 0 aromatic heterocycles. The molecule has 0 aliphatic carbocycles. The summed E-state index contributed by atoms with van der Waals surface area (Å²) in [6.45, 7) is 4.44. The highest BCUT2D eigenvalue weighted by Crippen LogP contribution is 2.42. The van der Waals surface area contributed by atoms with Crippen LogP contribution in [0.25, 0.3) is 0 Å². The van der Waals surface area contributed by atoms with E-state index in [4.69, 9.17) is 0 Å². The number of anilines is 2. The second kappa shape index (κ2) is 8.63. The minimum Gasteiger partial charge on any atom is -0.331 e. The van der Waals surface area contributed by atoms with Crippen LogP contribution < -0.4 is 15.5 Å². The van der Waals surface area contributed by atoms with Gasteiger partial charge in [-0.3, -0.25) is 4.79 Å². The molecule has 1 heterocycles. The quantitative estimate of drug-likeness (QED) is 0.572. The Bertz CT molecular complexity index is 1080. The first-order chi connectivity index (χ1) is 14.6. The molecule has 0 bridgehead atoms. The average molecular weight is 418 g/mol. The maximum Gasteiger partial charge on any atom is 0.319 e. The second-order valence-corrected chi connectivity index (χ2v) is 8.14. The van der Waals surface area contributed by atoms with Crippen LogP contribution in [0.15, 0.2) is 82.6 Å². The van der Waals surface area contributed by atoms with Gasteiger partial charge < -0.3 is 15.5 Å². The van der Waals surface area contributed by atoms with Crippen molar-refractivity contribution in [3.63, 3.8) is 0 Å². The molecule has 3 amide bonds. The molecule has 1 aliphatic rings. The molecule has 0 saturated heterocycles. The number of urea groups is 1. The summed E-state index contributed by atoms with van der Waals surface area (Å²) < 4.78 is 0. The summed E-state index contributed by atoms with van der Waals surface area (Å²) in [5, 5.41) is 5.85. The standard InChI is InChI=1S/C24H23N3O2S/c1-3-27-20-15-18(26-24(29)25-16(2)17-9-5-4-6-10-17)13-14-22(20)30-21-12-8-7-11-19(21)23(27)28/h4-16H,3H2,1-2H3,(H2,25,26,29)/t16-/m0/s1. The van der Waals surface area contributed by atoms with Crippen LogP contribution in [0.3, 0.4) is 0 Å². The number of benzene rings is 3. The van der Waals surface area contributed by atoms with Gasteiger partial charge in [-0.15, -0.1) is 0 Å². The fraction of sp³-hybridized carbons (Fsp3) is 0.167. The Balaban J connectivity index is 1.56. The van der Waals surface area contributed by atoms with E-state index in [1.165, 1.54) is 0 Å². The average Bonchev–Trinajstić information content (AvgIpc) is 2.88. The van der Waals surface area contributed by atoms with Crippen LogP contribution in [0.5, 0.6) is 0 Å². The Morgan fingerprint density at radius 1 is 1.00 bits per heavy atom. The highest BCUT2D eigenvalue weighted by Gasteiger charge is 2.26. The van der Waals surface area contributed by atoms with Crippen molar-refractivity contribution in [1.29, 1.82) is 0 Å². The molecular formula is C24H23N3O2S. The normalized spacial score (nSPS) is 13.7. The third-order valence-electron chi connectivity index (χ3n) is 5.05. The molecule has 30 heavy (non-hydrogen) atoms. The van der Waals surface area contributed by atoms with Crippen LogP contribution in [-0.2, 0) is 0 Å². The van der Waals surface area contributed by atoms with Crippen LogP contribution in [0, 0.1) is 0 Å². The van der Waals surface area contributed by atoms with Crippen molar-refractivity contribution in [2.45, 2.75) is 29.7 Å². The van der Waals surface area contributed by atoms with Gasteiger partial charge in [0.1, 0.15) is 0 Å². The third-order valence-corrected chi connectivity index (χ3v) is 6.19. The summed E-state index contributed by atoms with van der Waals surface area (Å²) in [7, 11) is 0. The van der Waals surface area contributed by atoms with Crippen molar-refractivity contribution in [3.8, 4) is 0 Å². The minimum atomic E-state index is -0.287. The Labute approximate surface area is 180 Å². The molecule has 3 aromatic rings. The van der Waals surface area contributed by atoms with E-state index in [-0.39, 0.29) is 18.0 Å². The summed E-state index contributed by atoms with van der Waals surface area (Å²) in [6.07, 6.45) is 0. The molecule has 6 heteroatoms. The van der Waals surface area contributed by atoms with Crippen molar-refractivity contribution in [2.75, 3.05) is 16.8 Å². The van der Waals surface area contributed by atoms with E-state index in [2.05, 4.69) is 10.6 Å². The van der Waals surface area contributed by atoms with Gasteiger partial charge in [0, 0.05) is 22.0 Å². The number of nitrogens with one attached hydrogen (secondary N) is 2. The number of nitrogens with zero attached hydrogens (tertiary/aromatic N) is 1. The van der Waals surface area contributed by atoms with Crippen molar-refractivity contribution >= 4 is 35.1 Å². The molecule has 0 fully saturated rings. The maximum absolute atomic E-state index is 13.1. The molecule has 0 saturated carbocycles. The minimum absolute atomic E-state index is 0.0290. The third kappa shape index (κ3) is 4.04. The zero-order chi connectivity index (χ0) is 21.1. The van der Waals surface area contributed by atoms with E-state index in [0.29, 0.717) is 17.8 Å². The van der Waals surface area contributed by atoms with Crippen LogP contribution in [0.4, 0.5) is 16.2 Å². The van der Waals surface area contributed by atoms with Gasteiger partial charge in [-0.2, -0.15) is 0 Å². The molecule has 152 valence electrons. The van der Waals surface area contributed by atoms with E-state index in [0.717, 1.165) is 21.0 Å². The lowest BCUT2D eigenvalue weighted by Crippen LogP contribution is -2.32. The summed E-state index contributed by atoms with van der Waals surface area (Å²) in [6, 6.07) is 22.7. The van der Waals surface area contributed by atoms with Crippen LogP contribution in [0.2, 0.25) is 0 Å². The lowest BCUT2D eigenvalue weighted by atomic mass is 10.1. The Morgan fingerprint density at radius 3 is 2.50 bits per heavy atom. The van der Waals surface area contributed by atoms with Gasteiger partial charge in [0.15, 0.2) is 0 Å². The lowest BCUT2D eigenvalue weighted by Gasteiger charge is -2.22. The SMILES string of the molecule is CCN1C(=O)c2ccccc2Sc2ccc(NC(=O)N[C@@H](C)c3ccccc3)cc21. The lowest BCUT2D eigenvalue weighted by molar-refractivity contribution is 0.0985. The molecule has 1 atom stereocenters. The first-order valence-electron chi connectivity index (χ1n) is 9.92. The van der Waals surface area contributed by atoms with Crippen molar-refractivity contribution in [1.82, 2.24) is 5.32 Å². The number of fused-ring (bicyclic) bond motifs is 2. The number of hydrogen-bond donors (Lipinski definition) is 2. The number of rotatable bonds is 4. The Morgan fingerprint density at radius 2 is 1.73 bits per heavy atom. The van der Waals surface area contributed by atoms with Gasteiger partial charge in [0.25, 0.3) is 5.91 Å². The highest BCUT2D eigenvalue weighted by atomic mass is 32.2. The summed E-state index contributed by atoms with van der Waals surface area (Å²) in [5.41, 5.74) is 3.18. The summed E-state index contributed by atoms with van der Waals surface area (Å²) in [5.74, 6) is -0.0290. The van der Waals surface area contributed by atoms with E-state index >= 15 is 0 Å². The van der Waals surface area contributed by atoms with Gasteiger partial charge in [0.05, 0.1) is 17.3 Å². The summed E-state index contributed by atoms with van der Waals surface area (Å²) in [4.78, 5) is 29.3. The predicted molar refractivity (Wildman–Crippen MR) is 121 cm³/mol. The molecule has 3 aromatic carbocycles. The monoisotopic (exact) mass is 417 g/mol. The van der Waals surface area contributed by atoms with E-state index in [1.807, 2.05) is 86.6 Å². The fourth-order valence-corrected chi connectivity index (χ4v) is 4.56.